The Morgan fingerprint density at radius 1 is 1.14 bits per heavy atom. The second kappa shape index (κ2) is 12.5. The minimum atomic E-state index is -3.52. The van der Waals surface area contributed by atoms with E-state index in [-0.39, 0.29) is 22.9 Å². The van der Waals surface area contributed by atoms with Gasteiger partial charge in [0.2, 0.25) is 0 Å². The lowest BCUT2D eigenvalue weighted by atomic mass is 9.81. The quantitative estimate of drug-likeness (QED) is 0.234. The van der Waals surface area contributed by atoms with Crippen LogP contribution in [-0.4, -0.2) is 45.3 Å². The second-order valence-corrected chi connectivity index (χ2v) is 12.9. The van der Waals surface area contributed by atoms with E-state index < -0.39 is 9.84 Å². The van der Waals surface area contributed by atoms with E-state index in [9.17, 15) is 13.2 Å². The van der Waals surface area contributed by atoms with Crippen molar-refractivity contribution >= 4 is 50.7 Å². The first-order valence-electron chi connectivity index (χ1n) is 12.3. The predicted octanol–water partition coefficient (Wildman–Crippen LogP) is 6.72. The van der Waals surface area contributed by atoms with Gasteiger partial charge in [-0.25, -0.2) is 8.42 Å². The monoisotopic (exact) mass is 535 g/mol. The zero-order chi connectivity index (χ0) is 25.5. The Bertz CT molecular complexity index is 1100. The maximum Gasteiger partial charge on any atom is 0.315 e. The number of fused-ring (bicyclic) bond motifs is 1. The van der Waals surface area contributed by atoms with Crippen molar-refractivity contribution in [2.45, 2.75) is 62.0 Å². The summed E-state index contributed by atoms with van der Waals surface area (Å²) in [5, 5.41) is 0. The number of hydrogen-bond acceptors (Lipinski definition) is 7. The molecule has 1 atom stereocenters. The van der Waals surface area contributed by atoms with Crippen LogP contribution in [0.5, 0.6) is 0 Å². The first-order chi connectivity index (χ1) is 16.8. The van der Waals surface area contributed by atoms with Crippen molar-refractivity contribution in [3.8, 4) is 0 Å². The van der Waals surface area contributed by atoms with E-state index in [1.54, 1.807) is 18.7 Å². The molecular weight excluding hydrogens is 499 g/mol. The number of carbonyl (C=O) groups excluding carboxylic acids is 1. The Balaban J connectivity index is 2.10. The molecule has 0 fully saturated rings. The Hall–Kier alpha value is -1.64. The fourth-order valence-electron chi connectivity index (χ4n) is 4.68. The van der Waals surface area contributed by atoms with Crippen LogP contribution in [0.1, 0.15) is 52.0 Å². The first kappa shape index (κ1) is 27.9. The van der Waals surface area contributed by atoms with Crippen molar-refractivity contribution in [3.05, 3.63) is 48.0 Å². The molecule has 0 aliphatic carbocycles. The summed E-state index contributed by atoms with van der Waals surface area (Å²) in [5.41, 5.74) is 2.39. The van der Waals surface area contributed by atoms with E-state index in [0.717, 1.165) is 47.5 Å². The number of rotatable bonds is 11. The number of unbranched alkanes of at least 4 members (excludes halogenated alkanes) is 1. The van der Waals surface area contributed by atoms with Gasteiger partial charge in [0.1, 0.15) is 0 Å². The van der Waals surface area contributed by atoms with Crippen molar-refractivity contribution in [1.82, 2.24) is 0 Å². The van der Waals surface area contributed by atoms with Gasteiger partial charge in [-0.15, -0.1) is 23.5 Å². The molecule has 1 aliphatic heterocycles. The van der Waals surface area contributed by atoms with E-state index in [4.69, 9.17) is 4.74 Å². The number of benzene rings is 2. The first-order valence-corrected chi connectivity index (χ1v) is 16.3. The maximum absolute atomic E-state index is 13.9. The lowest BCUT2D eigenvalue weighted by molar-refractivity contribution is -0.139. The molecule has 2 aromatic carbocycles. The third kappa shape index (κ3) is 6.77. The van der Waals surface area contributed by atoms with Gasteiger partial charge >= 0.3 is 5.97 Å². The molecule has 1 heterocycles. The molecule has 5 nitrogen and oxygen atoms in total. The summed E-state index contributed by atoms with van der Waals surface area (Å²) in [5.74, 6) is 0.709. The van der Waals surface area contributed by atoms with Crippen LogP contribution in [0, 0.1) is 5.41 Å². The smallest absolute Gasteiger partial charge is 0.315 e. The highest BCUT2D eigenvalue weighted by molar-refractivity contribution is 7.99. The zero-order valence-electron chi connectivity index (χ0n) is 21.2. The standard InChI is InChI=1S/C27H37NO4S3/c1-5-8-14-27(6-2)19-28(22-12-10-9-11-13-22)23-16-24(33-4)21(15-25(23)35(30,31)20-27)17-34-18-26(29)32-7-3/h9-13,15-16H,5-8,14,17-20H2,1-4H3. The van der Waals surface area contributed by atoms with Gasteiger partial charge in [-0.05, 0) is 55.9 Å². The van der Waals surface area contributed by atoms with Gasteiger partial charge in [0.25, 0.3) is 0 Å². The van der Waals surface area contributed by atoms with Crippen LogP contribution in [-0.2, 0) is 25.1 Å². The van der Waals surface area contributed by atoms with Crippen molar-refractivity contribution < 1.29 is 17.9 Å². The van der Waals surface area contributed by atoms with Crippen molar-refractivity contribution in [2.75, 3.05) is 35.8 Å². The molecule has 3 rings (SSSR count). The van der Waals surface area contributed by atoms with Crippen LogP contribution >= 0.6 is 23.5 Å². The van der Waals surface area contributed by atoms with Crippen LogP contribution in [0.2, 0.25) is 0 Å². The maximum atomic E-state index is 13.9. The van der Waals surface area contributed by atoms with Crippen LogP contribution in [0.3, 0.4) is 0 Å². The molecule has 1 unspecified atom stereocenters. The van der Waals surface area contributed by atoms with Crippen LogP contribution < -0.4 is 4.90 Å². The number of carbonyl (C=O) groups is 1. The molecule has 0 amide bonds. The number of hydrogen-bond donors (Lipinski definition) is 0. The number of para-hydroxylation sites is 1. The Morgan fingerprint density at radius 3 is 2.51 bits per heavy atom. The summed E-state index contributed by atoms with van der Waals surface area (Å²) in [6.07, 6.45) is 5.75. The van der Waals surface area contributed by atoms with Crippen molar-refractivity contribution in [1.29, 1.82) is 0 Å². The lowest BCUT2D eigenvalue weighted by Gasteiger charge is -2.36. The minimum absolute atomic E-state index is 0.154. The van der Waals surface area contributed by atoms with E-state index in [1.807, 2.05) is 36.6 Å². The van der Waals surface area contributed by atoms with Crippen LogP contribution in [0.4, 0.5) is 11.4 Å². The Labute approximate surface area is 219 Å². The summed E-state index contributed by atoms with van der Waals surface area (Å²) >= 11 is 3.07. The molecular formula is C27H37NO4S3. The molecule has 192 valence electrons. The zero-order valence-corrected chi connectivity index (χ0v) is 23.7. The normalized spacial score (nSPS) is 19.1. The molecule has 8 heteroatoms. The molecule has 0 N–H and O–H groups in total. The summed E-state index contributed by atoms with van der Waals surface area (Å²) in [6, 6.07) is 14.0. The second-order valence-electron chi connectivity index (χ2n) is 9.07. The summed E-state index contributed by atoms with van der Waals surface area (Å²) < 4.78 is 32.9. The fourth-order valence-corrected chi connectivity index (χ4v) is 8.42. The summed E-state index contributed by atoms with van der Waals surface area (Å²) in [6.45, 7) is 7.10. The van der Waals surface area contributed by atoms with Crippen molar-refractivity contribution in [2.24, 2.45) is 5.41 Å². The van der Waals surface area contributed by atoms with Crippen LogP contribution in [0.15, 0.2) is 52.3 Å². The topological polar surface area (TPSA) is 63.7 Å². The van der Waals surface area contributed by atoms with E-state index in [0.29, 0.717) is 23.8 Å². The van der Waals surface area contributed by atoms with Crippen LogP contribution in [0.25, 0.3) is 0 Å². The highest BCUT2D eigenvalue weighted by Crippen LogP contribution is 2.46. The molecule has 0 radical (unpaired) electrons. The van der Waals surface area contributed by atoms with Gasteiger partial charge in [-0.1, -0.05) is 44.9 Å². The molecule has 1 aliphatic rings. The number of anilines is 2. The SMILES string of the molecule is CCCCC1(CC)CN(c2ccccc2)c2cc(SC)c(CSCC(=O)OCC)cc2S(=O)(=O)C1. The number of ether oxygens (including phenoxy) is 1. The molecule has 0 bridgehead atoms. The largest absolute Gasteiger partial charge is 0.465 e. The Kier molecular flexibility index (Phi) is 10.0. The van der Waals surface area contributed by atoms with E-state index in [1.165, 1.54) is 11.8 Å². The Morgan fingerprint density at radius 2 is 1.89 bits per heavy atom. The average Bonchev–Trinajstić information content (AvgIpc) is 2.95. The summed E-state index contributed by atoms with van der Waals surface area (Å²) in [4.78, 5) is 15.5. The van der Waals surface area contributed by atoms with Gasteiger partial charge in [0.15, 0.2) is 9.84 Å². The number of thioether (sulfide) groups is 2. The average molecular weight is 536 g/mol. The van der Waals surface area contributed by atoms with Gasteiger partial charge in [-0.3, -0.25) is 4.79 Å². The molecule has 0 saturated heterocycles. The van der Waals surface area contributed by atoms with Gasteiger partial charge < -0.3 is 9.64 Å². The van der Waals surface area contributed by atoms with Gasteiger partial charge in [0.05, 0.1) is 28.7 Å². The van der Waals surface area contributed by atoms with Crippen molar-refractivity contribution in [3.63, 3.8) is 0 Å². The van der Waals surface area contributed by atoms with E-state index in [2.05, 4.69) is 30.9 Å². The lowest BCUT2D eigenvalue weighted by Crippen LogP contribution is -2.37. The minimum Gasteiger partial charge on any atom is -0.465 e. The third-order valence-corrected chi connectivity index (χ3v) is 10.4. The molecule has 0 saturated carbocycles. The highest BCUT2D eigenvalue weighted by Gasteiger charge is 2.41. The van der Waals surface area contributed by atoms with E-state index >= 15 is 0 Å². The fraction of sp³-hybridized carbons (Fsp3) is 0.519. The highest BCUT2D eigenvalue weighted by atomic mass is 32.2. The molecule has 0 spiro atoms. The number of esters is 1. The number of nitrogens with zero attached hydrogens (tertiary/aromatic N) is 1. The molecule has 2 aromatic rings. The third-order valence-electron chi connectivity index (χ3n) is 6.64. The number of sulfone groups is 1. The molecule has 0 aromatic heterocycles. The summed E-state index contributed by atoms with van der Waals surface area (Å²) in [7, 11) is -3.52. The van der Waals surface area contributed by atoms with Gasteiger partial charge in [0, 0.05) is 28.3 Å². The van der Waals surface area contributed by atoms with Gasteiger partial charge in [-0.2, -0.15) is 0 Å². The molecule has 35 heavy (non-hydrogen) atoms. The predicted molar refractivity (Wildman–Crippen MR) is 149 cm³/mol.